The average molecular weight is 333 g/mol. The van der Waals surface area contributed by atoms with Crippen LogP contribution in [0.25, 0.3) is 10.8 Å². The third kappa shape index (κ3) is 2.53. The number of hydrogen-bond acceptors (Lipinski definition) is 5. The van der Waals surface area contributed by atoms with Crippen LogP contribution in [-0.2, 0) is 25.2 Å². The highest BCUT2D eigenvalue weighted by Gasteiger charge is 2.49. The van der Waals surface area contributed by atoms with Gasteiger partial charge in [0.15, 0.2) is 5.60 Å². The molecule has 2 N–H and O–H groups in total. The Bertz CT molecular complexity index is 943. The van der Waals surface area contributed by atoms with Crippen molar-refractivity contribution in [3.05, 3.63) is 59.7 Å². The summed E-state index contributed by atoms with van der Waals surface area (Å²) in [6.07, 6.45) is 0.911. The minimum atomic E-state index is -3.68. The van der Waals surface area contributed by atoms with Gasteiger partial charge in [0.05, 0.1) is 6.26 Å². The minimum absolute atomic E-state index is 0.451. The highest BCUT2D eigenvalue weighted by Crippen LogP contribution is 2.40. The second kappa shape index (κ2) is 4.99. The Labute approximate surface area is 133 Å². The maximum atomic E-state index is 12.5. The summed E-state index contributed by atoms with van der Waals surface area (Å²) in [4.78, 5) is 12.5. The molecule has 6 nitrogen and oxygen atoms in total. The lowest BCUT2D eigenvalue weighted by Crippen LogP contribution is -2.32. The Kier molecular flexibility index (Phi) is 3.33. The molecule has 1 heterocycles. The first-order valence-corrected chi connectivity index (χ1v) is 8.74. The van der Waals surface area contributed by atoms with E-state index in [2.05, 4.69) is 0 Å². The number of aliphatic hydroxyl groups is 1. The van der Waals surface area contributed by atoms with Crippen molar-refractivity contribution in [1.82, 2.24) is 4.72 Å². The maximum Gasteiger partial charge on any atom is 0.250 e. The van der Waals surface area contributed by atoms with Crippen molar-refractivity contribution in [2.75, 3.05) is 6.26 Å². The molecule has 1 atom stereocenters. The second-order valence-electron chi connectivity index (χ2n) is 5.54. The second-order valence-corrected chi connectivity index (χ2v) is 7.29. The first-order chi connectivity index (χ1) is 10.7. The normalized spacial score (nSPS) is 21.6. The molecule has 2 aromatic carbocycles. The SMILES string of the molecule is CC1(c2cccc3ccccc23)OC(NS(C)(=O)=O)=C(O)C1=O. The van der Waals surface area contributed by atoms with E-state index >= 15 is 0 Å². The summed E-state index contributed by atoms with van der Waals surface area (Å²) in [5, 5.41) is 11.7. The van der Waals surface area contributed by atoms with Gasteiger partial charge in [0.2, 0.25) is 21.7 Å². The van der Waals surface area contributed by atoms with Gasteiger partial charge >= 0.3 is 0 Å². The van der Waals surface area contributed by atoms with E-state index in [9.17, 15) is 18.3 Å². The van der Waals surface area contributed by atoms with Crippen LogP contribution in [0.15, 0.2) is 54.1 Å². The standard InChI is InChI=1S/C16H15NO5S/c1-16(12-9-5-7-10-6-3-4-8-11(10)12)14(19)13(18)15(22-16)17-23(2,20)21/h3-9,17-18H,1-2H3. The number of fused-ring (bicyclic) bond motifs is 1. The van der Waals surface area contributed by atoms with E-state index in [4.69, 9.17) is 4.74 Å². The van der Waals surface area contributed by atoms with Crippen molar-refractivity contribution < 1.29 is 23.1 Å². The minimum Gasteiger partial charge on any atom is -0.501 e. The average Bonchev–Trinajstić information content (AvgIpc) is 2.70. The Balaban J connectivity index is 2.12. The summed E-state index contributed by atoms with van der Waals surface area (Å²) in [7, 11) is -3.68. The monoisotopic (exact) mass is 333 g/mol. The predicted molar refractivity (Wildman–Crippen MR) is 85.0 cm³/mol. The van der Waals surface area contributed by atoms with Crippen molar-refractivity contribution >= 4 is 26.6 Å². The number of ketones is 1. The fraction of sp³-hybridized carbons (Fsp3) is 0.188. The van der Waals surface area contributed by atoms with Crippen LogP contribution < -0.4 is 4.72 Å². The molecule has 1 aliphatic rings. The molecule has 0 amide bonds. The molecule has 0 fully saturated rings. The first-order valence-electron chi connectivity index (χ1n) is 6.85. The van der Waals surface area contributed by atoms with Crippen LogP contribution in [0.1, 0.15) is 12.5 Å². The van der Waals surface area contributed by atoms with Gasteiger partial charge in [-0.15, -0.1) is 0 Å². The van der Waals surface area contributed by atoms with Crippen LogP contribution >= 0.6 is 0 Å². The quantitative estimate of drug-likeness (QED) is 0.895. The van der Waals surface area contributed by atoms with E-state index in [1.165, 1.54) is 6.92 Å². The Morgan fingerprint density at radius 1 is 1.13 bits per heavy atom. The van der Waals surface area contributed by atoms with E-state index in [0.717, 1.165) is 17.0 Å². The van der Waals surface area contributed by atoms with Crippen molar-refractivity contribution in [3.8, 4) is 0 Å². The third-order valence-electron chi connectivity index (χ3n) is 3.75. The smallest absolute Gasteiger partial charge is 0.250 e. The highest BCUT2D eigenvalue weighted by atomic mass is 32.2. The summed E-state index contributed by atoms with van der Waals surface area (Å²) < 4.78 is 30.3. The fourth-order valence-corrected chi connectivity index (χ4v) is 3.16. The van der Waals surface area contributed by atoms with Gasteiger partial charge in [-0.25, -0.2) is 8.42 Å². The van der Waals surface area contributed by atoms with E-state index in [-0.39, 0.29) is 0 Å². The molecule has 3 rings (SSSR count). The molecular weight excluding hydrogens is 318 g/mol. The van der Waals surface area contributed by atoms with Crippen molar-refractivity contribution in [2.45, 2.75) is 12.5 Å². The number of sulfonamides is 1. The van der Waals surface area contributed by atoms with Gasteiger partial charge in [0.1, 0.15) is 0 Å². The molecule has 0 radical (unpaired) electrons. The van der Waals surface area contributed by atoms with Gasteiger partial charge in [0, 0.05) is 5.56 Å². The summed E-state index contributed by atoms with van der Waals surface area (Å²) in [5.41, 5.74) is -0.949. The van der Waals surface area contributed by atoms with E-state index in [1.54, 1.807) is 12.1 Å². The summed E-state index contributed by atoms with van der Waals surface area (Å²) in [6, 6.07) is 12.8. The van der Waals surface area contributed by atoms with Crippen LogP contribution in [-0.4, -0.2) is 25.6 Å². The van der Waals surface area contributed by atoms with Gasteiger partial charge < -0.3 is 9.84 Å². The lowest BCUT2D eigenvalue weighted by Gasteiger charge is -2.25. The van der Waals surface area contributed by atoms with E-state index in [1.807, 2.05) is 35.1 Å². The highest BCUT2D eigenvalue weighted by molar-refractivity contribution is 7.88. The van der Waals surface area contributed by atoms with Gasteiger partial charge in [-0.2, -0.15) is 0 Å². The molecule has 1 unspecified atom stereocenters. The Hall–Kier alpha value is -2.54. The predicted octanol–water partition coefficient (Wildman–Crippen LogP) is 1.93. The number of carbonyl (C=O) groups excluding carboxylic acids is 1. The molecule has 2 aromatic rings. The molecule has 7 heteroatoms. The molecular formula is C16H15NO5S. The van der Waals surface area contributed by atoms with Crippen molar-refractivity contribution in [3.63, 3.8) is 0 Å². The zero-order chi connectivity index (χ0) is 16.8. The number of carbonyl (C=O) groups is 1. The molecule has 0 bridgehead atoms. The number of nitrogens with one attached hydrogen (secondary N) is 1. The van der Waals surface area contributed by atoms with Crippen LogP contribution in [0.4, 0.5) is 0 Å². The van der Waals surface area contributed by atoms with Gasteiger partial charge in [-0.05, 0) is 17.7 Å². The Morgan fingerprint density at radius 3 is 2.48 bits per heavy atom. The summed E-state index contributed by atoms with van der Waals surface area (Å²) >= 11 is 0. The van der Waals surface area contributed by atoms with Crippen molar-refractivity contribution in [2.24, 2.45) is 0 Å². The van der Waals surface area contributed by atoms with Crippen molar-refractivity contribution in [1.29, 1.82) is 0 Å². The number of hydrogen-bond donors (Lipinski definition) is 2. The number of aliphatic hydroxyl groups excluding tert-OH is 1. The number of Topliss-reactive ketones (excluding diaryl/α,β-unsaturated/α-hetero) is 1. The molecule has 0 spiro atoms. The zero-order valence-electron chi connectivity index (χ0n) is 12.5. The summed E-state index contributed by atoms with van der Waals surface area (Å²) in [5.74, 6) is -1.88. The maximum absolute atomic E-state index is 12.5. The van der Waals surface area contributed by atoms with Crippen LogP contribution in [0, 0.1) is 0 Å². The molecule has 1 aliphatic heterocycles. The Morgan fingerprint density at radius 2 is 1.78 bits per heavy atom. The lowest BCUT2D eigenvalue weighted by atomic mass is 9.88. The molecule has 0 saturated heterocycles. The number of rotatable bonds is 3. The largest absolute Gasteiger partial charge is 0.501 e. The first kappa shape index (κ1) is 15.4. The van der Waals surface area contributed by atoms with Crippen LogP contribution in [0.5, 0.6) is 0 Å². The topological polar surface area (TPSA) is 92.7 Å². The van der Waals surface area contributed by atoms with Gasteiger partial charge in [0.25, 0.3) is 5.78 Å². The molecule has 0 aliphatic carbocycles. The molecule has 23 heavy (non-hydrogen) atoms. The third-order valence-corrected chi connectivity index (χ3v) is 4.31. The van der Waals surface area contributed by atoms with E-state index < -0.39 is 33.0 Å². The fourth-order valence-electron chi connectivity index (χ4n) is 2.68. The van der Waals surface area contributed by atoms with Gasteiger partial charge in [-0.1, -0.05) is 42.5 Å². The molecule has 120 valence electrons. The van der Waals surface area contributed by atoms with Crippen LogP contribution in [0.2, 0.25) is 0 Å². The molecule has 0 aromatic heterocycles. The lowest BCUT2D eigenvalue weighted by molar-refractivity contribution is -0.131. The van der Waals surface area contributed by atoms with Crippen LogP contribution in [0.3, 0.4) is 0 Å². The molecule has 0 saturated carbocycles. The number of ether oxygens (including phenoxy) is 1. The van der Waals surface area contributed by atoms with Gasteiger partial charge in [-0.3, -0.25) is 9.52 Å². The number of benzene rings is 2. The zero-order valence-corrected chi connectivity index (χ0v) is 13.3. The summed E-state index contributed by atoms with van der Waals surface area (Å²) in [6.45, 7) is 1.50. The van der Waals surface area contributed by atoms with E-state index in [0.29, 0.717) is 5.56 Å².